The van der Waals surface area contributed by atoms with E-state index in [4.69, 9.17) is 28.9 Å². The number of rotatable bonds is 27. The van der Waals surface area contributed by atoms with Crippen LogP contribution in [-0.4, -0.2) is 101 Å². The van der Waals surface area contributed by atoms with Crippen molar-refractivity contribution in [2.24, 2.45) is 28.8 Å². The van der Waals surface area contributed by atoms with E-state index in [2.05, 4.69) is 18.7 Å². The molecule has 1 amide bonds. The van der Waals surface area contributed by atoms with Crippen molar-refractivity contribution in [2.75, 3.05) is 52.4 Å². The van der Waals surface area contributed by atoms with Crippen LogP contribution in [0.15, 0.2) is 101 Å². The van der Waals surface area contributed by atoms with Crippen molar-refractivity contribution in [2.45, 2.75) is 113 Å². The molecule has 2 saturated carbocycles. The third-order valence-electron chi connectivity index (χ3n) is 14.1. The van der Waals surface area contributed by atoms with Gasteiger partial charge in [0.2, 0.25) is 11.7 Å². The van der Waals surface area contributed by atoms with Gasteiger partial charge < -0.3 is 44.0 Å². The van der Waals surface area contributed by atoms with Crippen molar-refractivity contribution in [1.29, 1.82) is 0 Å². The Morgan fingerprint density at radius 1 is 0.956 bits per heavy atom. The third kappa shape index (κ3) is 12.3. The fourth-order valence-electron chi connectivity index (χ4n) is 10.9. The third-order valence-corrected chi connectivity index (χ3v) is 14.9. The quantitative estimate of drug-likeness (QED) is 0.0217. The highest BCUT2D eigenvalue weighted by molar-refractivity contribution is 7.98. The van der Waals surface area contributed by atoms with Crippen molar-refractivity contribution in [1.82, 2.24) is 4.90 Å². The topological polar surface area (TPSA) is 183 Å². The number of amides is 1. The van der Waals surface area contributed by atoms with Crippen molar-refractivity contribution in [3.8, 4) is 17.2 Å². The lowest BCUT2D eigenvalue weighted by atomic mass is 9.55. The van der Waals surface area contributed by atoms with Gasteiger partial charge in [-0.2, -0.15) is 0 Å². The normalized spacial score (nSPS) is 23.6. The number of carbonyl (C=O) groups is 1. The Morgan fingerprint density at radius 3 is 2.38 bits per heavy atom. The second-order valence-corrected chi connectivity index (χ2v) is 19.2. The maximum atomic E-state index is 15.0. The summed E-state index contributed by atoms with van der Waals surface area (Å²) in [5.41, 5.74) is 3.16. The molecule has 3 N–H and O–H groups in total. The fraction of sp³-hybridized carbons (Fsp3) is 0.547. The zero-order valence-corrected chi connectivity index (χ0v) is 40.2. The number of carbonyl (C=O) groups excluding carboxylic acids is 1. The lowest BCUT2D eigenvalue weighted by molar-refractivity contribution is -0.384. The highest BCUT2D eigenvalue weighted by Gasteiger charge is 2.65. The first-order chi connectivity index (χ1) is 33.2. The van der Waals surface area contributed by atoms with Crippen LogP contribution in [0.1, 0.15) is 101 Å². The second-order valence-electron chi connectivity index (χ2n) is 18.4. The standard InChI is InChI=1S/C53H69N3O11S/c1-3-30-64-53-49(55(26-31-63-32-29-59)50(60)25-16-37-10-4-5-11-37)35-47(54-65-36-38-14-17-40(18-15-38)56(61)62)45-33-39(12-6-8-27-57)44(13-7-9-28-58)51(52(45)53)46-34-42(21-24-48(46)67-53)66-41-19-22-43(68-2)23-20-41/h3,14-15,17-24,33-34,37,39,44,49,51-52,57-59H,1,4-13,16,25-32,35-36H2,2H3. The monoisotopic (exact) mass is 955 g/mol. The van der Waals surface area contributed by atoms with E-state index in [1.54, 1.807) is 30.0 Å². The number of fused-ring (bicyclic) bond motifs is 2. The molecule has 15 heteroatoms. The van der Waals surface area contributed by atoms with Gasteiger partial charge in [0.15, 0.2) is 0 Å². The summed E-state index contributed by atoms with van der Waals surface area (Å²) in [5.74, 6) is 0.199. The zero-order chi connectivity index (χ0) is 47.9. The van der Waals surface area contributed by atoms with Crippen molar-refractivity contribution >= 4 is 29.1 Å². The van der Waals surface area contributed by atoms with Gasteiger partial charge in [-0.25, -0.2) is 0 Å². The van der Waals surface area contributed by atoms with Crippen LogP contribution < -0.4 is 9.47 Å². The van der Waals surface area contributed by atoms with Crippen LogP contribution in [0.25, 0.3) is 0 Å². The number of aliphatic hydroxyl groups is 3. The molecule has 7 rings (SSSR count). The molecule has 0 aromatic heterocycles. The van der Waals surface area contributed by atoms with Gasteiger partial charge >= 0.3 is 0 Å². The maximum absolute atomic E-state index is 15.0. The largest absolute Gasteiger partial charge is 0.459 e. The predicted molar refractivity (Wildman–Crippen MR) is 262 cm³/mol. The van der Waals surface area contributed by atoms with Crippen LogP contribution in [0.2, 0.25) is 0 Å². The number of nitro benzene ring substituents is 1. The molecule has 1 aliphatic heterocycles. The van der Waals surface area contributed by atoms with E-state index in [1.165, 1.54) is 25.0 Å². The van der Waals surface area contributed by atoms with Gasteiger partial charge in [-0.05, 0) is 122 Å². The summed E-state index contributed by atoms with van der Waals surface area (Å²) in [6.07, 6.45) is 16.3. The highest BCUT2D eigenvalue weighted by Crippen LogP contribution is 2.62. The molecule has 4 aliphatic rings. The van der Waals surface area contributed by atoms with Crippen molar-refractivity contribution in [3.63, 3.8) is 0 Å². The second kappa shape index (κ2) is 25.2. The van der Waals surface area contributed by atoms with Crippen LogP contribution >= 0.6 is 11.8 Å². The number of benzene rings is 3. The zero-order valence-electron chi connectivity index (χ0n) is 39.4. The number of hydrogen-bond donors (Lipinski definition) is 3. The fourth-order valence-corrected chi connectivity index (χ4v) is 11.4. The smallest absolute Gasteiger partial charge is 0.269 e. The highest BCUT2D eigenvalue weighted by atomic mass is 32.2. The molecule has 0 radical (unpaired) electrons. The van der Waals surface area contributed by atoms with Gasteiger partial charge in [-0.3, -0.25) is 14.9 Å². The molecule has 1 heterocycles. The molecule has 14 nitrogen and oxygen atoms in total. The lowest BCUT2D eigenvalue weighted by Crippen LogP contribution is -2.70. The van der Waals surface area contributed by atoms with Gasteiger partial charge in [0.25, 0.3) is 5.69 Å². The first kappa shape index (κ1) is 51.1. The number of unbranched alkanes of at least 4 members (excludes halogenated alkanes) is 2. The van der Waals surface area contributed by atoms with E-state index in [1.807, 2.05) is 47.6 Å². The van der Waals surface area contributed by atoms with Gasteiger partial charge in [0.05, 0.1) is 43.0 Å². The number of nitro groups is 1. The molecule has 0 spiro atoms. The number of allylic oxidation sites excluding steroid dienone is 1. The number of thioether (sulfide) groups is 1. The number of ether oxygens (including phenoxy) is 4. The molecule has 3 aromatic rings. The van der Waals surface area contributed by atoms with E-state index < -0.39 is 22.7 Å². The summed E-state index contributed by atoms with van der Waals surface area (Å²) >= 11 is 1.66. The molecular formula is C53H69N3O11S. The Bertz CT molecular complexity index is 2180. The molecule has 368 valence electrons. The summed E-state index contributed by atoms with van der Waals surface area (Å²) in [4.78, 5) is 35.2. The minimum absolute atomic E-state index is 0.0138. The molecule has 3 aromatic carbocycles. The summed E-state index contributed by atoms with van der Waals surface area (Å²) < 4.78 is 27.0. The summed E-state index contributed by atoms with van der Waals surface area (Å²) in [6, 6.07) is 19.4. The molecule has 6 unspecified atom stereocenters. The van der Waals surface area contributed by atoms with E-state index in [0.717, 1.165) is 61.0 Å². The van der Waals surface area contributed by atoms with Gasteiger partial charge in [0.1, 0.15) is 29.9 Å². The van der Waals surface area contributed by atoms with Crippen LogP contribution in [0.4, 0.5) is 5.69 Å². The first-order valence-electron chi connectivity index (χ1n) is 24.5. The maximum Gasteiger partial charge on any atom is 0.269 e. The Labute approximate surface area is 404 Å². The molecule has 3 aliphatic carbocycles. The van der Waals surface area contributed by atoms with Gasteiger partial charge in [-0.15, -0.1) is 18.3 Å². The van der Waals surface area contributed by atoms with Gasteiger partial charge in [-0.1, -0.05) is 55.8 Å². The minimum atomic E-state index is -1.45. The Morgan fingerprint density at radius 2 is 1.69 bits per heavy atom. The van der Waals surface area contributed by atoms with Crippen LogP contribution in [0.3, 0.4) is 0 Å². The molecule has 0 saturated heterocycles. The molecule has 2 fully saturated rings. The summed E-state index contributed by atoms with van der Waals surface area (Å²) in [6.45, 7) is 4.74. The number of hydrogen-bond acceptors (Lipinski definition) is 13. The van der Waals surface area contributed by atoms with E-state index in [0.29, 0.717) is 53.7 Å². The van der Waals surface area contributed by atoms with Crippen LogP contribution in [0, 0.1) is 33.8 Å². The molecule has 6 atom stereocenters. The Hall–Kier alpha value is -4.77. The van der Waals surface area contributed by atoms with E-state index >= 15 is 4.79 Å². The number of aliphatic hydroxyl groups excluding tert-OH is 3. The molecule has 0 bridgehead atoms. The Kier molecular flexibility index (Phi) is 18.9. The molecule has 68 heavy (non-hydrogen) atoms. The predicted octanol–water partition coefficient (Wildman–Crippen LogP) is 9.75. The van der Waals surface area contributed by atoms with Crippen LogP contribution in [0.5, 0.6) is 17.2 Å². The van der Waals surface area contributed by atoms with E-state index in [-0.39, 0.29) is 88.6 Å². The van der Waals surface area contributed by atoms with Crippen LogP contribution in [-0.2, 0) is 25.7 Å². The summed E-state index contributed by atoms with van der Waals surface area (Å²) in [5, 5.41) is 46.1. The van der Waals surface area contributed by atoms with Crippen molar-refractivity contribution < 1.29 is 48.8 Å². The average Bonchev–Trinajstić information content (AvgIpc) is 3.88. The number of nitrogens with zero attached hydrogens (tertiary/aromatic N) is 3. The van der Waals surface area contributed by atoms with E-state index in [9.17, 15) is 25.4 Å². The van der Waals surface area contributed by atoms with Crippen molar-refractivity contribution in [3.05, 3.63) is 112 Å². The Balaban J connectivity index is 1.40. The lowest BCUT2D eigenvalue weighted by Gasteiger charge is -2.60. The first-order valence-corrected chi connectivity index (χ1v) is 25.7. The summed E-state index contributed by atoms with van der Waals surface area (Å²) in [7, 11) is 0. The van der Waals surface area contributed by atoms with Gasteiger partial charge in [0, 0.05) is 61.1 Å². The average molecular weight is 956 g/mol. The molecular weight excluding hydrogens is 887 g/mol. The SMILES string of the molecule is C=CCOC12Oc3ccc(Oc4ccc(SC)cc4)cc3C3C(CCCCO)C(CCCCO)C=C(C(=NOCc4ccc([N+](=O)[O-])cc4)CC1N(CCOCCO)C(=O)CCC1CCCC1)C32. The number of oxime groups is 1. The number of non-ortho nitro benzene ring substituents is 1. The minimum Gasteiger partial charge on any atom is -0.459 e.